The average Bonchev–Trinajstić information content (AvgIpc) is 2.55. The van der Waals surface area contributed by atoms with E-state index < -0.39 is 21.5 Å². The largest absolute Gasteiger partial charge is 0.495 e. The number of sulfonamides is 1. The summed E-state index contributed by atoms with van der Waals surface area (Å²) in [5.41, 5.74) is 0.909. The Morgan fingerprint density at radius 2 is 1.78 bits per heavy atom. The van der Waals surface area contributed by atoms with Crippen molar-refractivity contribution >= 4 is 33.2 Å². The Morgan fingerprint density at radius 3 is 2.33 bits per heavy atom. The number of ether oxygens (including phenoxy) is 1. The van der Waals surface area contributed by atoms with Gasteiger partial charge in [-0.15, -0.1) is 0 Å². The van der Waals surface area contributed by atoms with Crippen molar-refractivity contribution in [2.24, 2.45) is 0 Å². The summed E-state index contributed by atoms with van der Waals surface area (Å²) in [5, 5.41) is 3.24. The van der Waals surface area contributed by atoms with Crippen molar-refractivity contribution in [3.8, 4) is 5.75 Å². The Hall–Kier alpha value is -2.09. The highest BCUT2D eigenvalue weighted by atomic mass is 35.5. The van der Waals surface area contributed by atoms with Gasteiger partial charge in [-0.3, -0.25) is 4.79 Å². The monoisotopic (exact) mass is 410 g/mol. The lowest BCUT2D eigenvalue weighted by atomic mass is 10.1. The minimum absolute atomic E-state index is 0.102. The quantitative estimate of drug-likeness (QED) is 0.780. The number of methoxy groups -OCH3 is 1. The molecule has 0 radical (unpaired) electrons. The lowest BCUT2D eigenvalue weighted by molar-refractivity contribution is 0.102. The average molecular weight is 411 g/mol. The van der Waals surface area contributed by atoms with Crippen LogP contribution in [-0.2, 0) is 10.0 Å². The molecule has 2 aromatic carbocycles. The van der Waals surface area contributed by atoms with Crippen LogP contribution in [0.15, 0.2) is 41.3 Å². The second kappa shape index (κ2) is 7.88. The first-order valence-corrected chi connectivity index (χ1v) is 10.1. The number of hydrogen-bond donors (Lipinski definition) is 2. The van der Waals surface area contributed by atoms with Crippen LogP contribution < -0.4 is 14.8 Å². The number of amides is 1. The number of rotatable bonds is 5. The van der Waals surface area contributed by atoms with Crippen LogP contribution in [0.2, 0.25) is 5.02 Å². The van der Waals surface area contributed by atoms with Crippen molar-refractivity contribution in [2.45, 2.75) is 38.1 Å². The molecule has 8 heteroatoms. The zero-order valence-electron chi connectivity index (χ0n) is 15.9. The minimum atomic E-state index is -3.88. The molecule has 146 valence electrons. The molecule has 0 aliphatic rings. The first kappa shape index (κ1) is 21.2. The Balaban J connectivity index is 2.38. The number of anilines is 1. The summed E-state index contributed by atoms with van der Waals surface area (Å²) < 4.78 is 33.1. The van der Waals surface area contributed by atoms with Gasteiger partial charge in [0, 0.05) is 21.8 Å². The highest BCUT2D eigenvalue weighted by molar-refractivity contribution is 7.89. The van der Waals surface area contributed by atoms with Crippen LogP contribution in [0.1, 0.15) is 36.7 Å². The molecule has 1 amide bonds. The van der Waals surface area contributed by atoms with Gasteiger partial charge in [-0.2, -0.15) is 0 Å². The summed E-state index contributed by atoms with van der Waals surface area (Å²) in [4.78, 5) is 12.5. The summed E-state index contributed by atoms with van der Waals surface area (Å²) in [6, 6.07) is 9.39. The van der Waals surface area contributed by atoms with E-state index in [1.54, 1.807) is 39.0 Å². The molecular formula is C19H23ClN2O4S. The molecule has 0 aliphatic carbocycles. The van der Waals surface area contributed by atoms with Crippen LogP contribution in [0.3, 0.4) is 0 Å². The van der Waals surface area contributed by atoms with Gasteiger partial charge >= 0.3 is 0 Å². The third kappa shape index (κ3) is 5.45. The Kier molecular flexibility index (Phi) is 6.19. The number of carbonyl (C=O) groups excluding carboxylic acids is 1. The van der Waals surface area contributed by atoms with E-state index in [9.17, 15) is 13.2 Å². The minimum Gasteiger partial charge on any atom is -0.495 e. The molecule has 0 saturated heterocycles. The molecule has 0 spiro atoms. The number of halogens is 1. The summed E-state index contributed by atoms with van der Waals surface area (Å²) in [6.45, 7) is 7.05. The van der Waals surface area contributed by atoms with Gasteiger partial charge in [-0.05, 0) is 63.6 Å². The molecule has 2 aromatic rings. The lowest BCUT2D eigenvalue weighted by Gasteiger charge is -2.21. The molecule has 6 nitrogen and oxygen atoms in total. The number of aryl methyl sites for hydroxylation is 1. The second-order valence-electron chi connectivity index (χ2n) is 7.14. The van der Waals surface area contributed by atoms with Crippen LogP contribution in [0.25, 0.3) is 0 Å². The fourth-order valence-corrected chi connectivity index (χ4v) is 4.15. The van der Waals surface area contributed by atoms with Crippen molar-refractivity contribution in [3.05, 3.63) is 52.5 Å². The first-order chi connectivity index (χ1) is 12.4. The first-order valence-electron chi connectivity index (χ1n) is 8.22. The van der Waals surface area contributed by atoms with Crippen LogP contribution in [-0.4, -0.2) is 27.0 Å². The summed E-state index contributed by atoms with van der Waals surface area (Å²) >= 11 is 6.07. The smallest absolute Gasteiger partial charge is 0.255 e. The van der Waals surface area contributed by atoms with E-state index in [2.05, 4.69) is 10.0 Å². The fraction of sp³-hybridized carbons (Fsp3) is 0.316. The van der Waals surface area contributed by atoms with E-state index in [0.717, 1.165) is 5.56 Å². The van der Waals surface area contributed by atoms with Crippen molar-refractivity contribution < 1.29 is 17.9 Å². The van der Waals surface area contributed by atoms with E-state index in [4.69, 9.17) is 16.3 Å². The van der Waals surface area contributed by atoms with Gasteiger partial charge in [0.25, 0.3) is 5.91 Å². The van der Waals surface area contributed by atoms with Gasteiger partial charge in [0.2, 0.25) is 10.0 Å². The van der Waals surface area contributed by atoms with Gasteiger partial charge < -0.3 is 10.1 Å². The molecule has 0 unspecified atom stereocenters. The van der Waals surface area contributed by atoms with Crippen molar-refractivity contribution in [2.75, 3.05) is 12.4 Å². The molecule has 0 heterocycles. The third-order valence-electron chi connectivity index (χ3n) is 3.59. The van der Waals surface area contributed by atoms with Crippen molar-refractivity contribution in [1.29, 1.82) is 0 Å². The highest BCUT2D eigenvalue weighted by Gasteiger charge is 2.26. The predicted molar refractivity (Wildman–Crippen MR) is 107 cm³/mol. The highest BCUT2D eigenvalue weighted by Crippen LogP contribution is 2.27. The van der Waals surface area contributed by atoms with E-state index in [1.807, 2.05) is 6.92 Å². The van der Waals surface area contributed by atoms with E-state index in [0.29, 0.717) is 10.7 Å². The topological polar surface area (TPSA) is 84.5 Å². The van der Waals surface area contributed by atoms with Crippen molar-refractivity contribution in [3.63, 3.8) is 0 Å². The molecule has 0 aliphatic heterocycles. The number of carbonyl (C=O) groups is 1. The maximum absolute atomic E-state index is 12.7. The van der Waals surface area contributed by atoms with Crippen LogP contribution in [0.5, 0.6) is 5.75 Å². The van der Waals surface area contributed by atoms with E-state index in [1.165, 1.54) is 25.3 Å². The molecule has 0 bridgehead atoms. The fourth-order valence-electron chi connectivity index (χ4n) is 2.36. The number of hydrogen-bond acceptors (Lipinski definition) is 4. The van der Waals surface area contributed by atoms with Crippen LogP contribution >= 0.6 is 11.6 Å². The zero-order valence-corrected chi connectivity index (χ0v) is 17.5. The van der Waals surface area contributed by atoms with Crippen LogP contribution in [0, 0.1) is 6.92 Å². The third-order valence-corrected chi connectivity index (χ3v) is 5.77. The van der Waals surface area contributed by atoms with Crippen LogP contribution in [0.4, 0.5) is 5.69 Å². The molecule has 0 fully saturated rings. The summed E-state index contributed by atoms with van der Waals surface area (Å²) in [5.74, 6) is -0.300. The summed E-state index contributed by atoms with van der Waals surface area (Å²) in [6.07, 6.45) is 0. The van der Waals surface area contributed by atoms with E-state index >= 15 is 0 Å². The molecule has 0 aromatic heterocycles. The van der Waals surface area contributed by atoms with Gasteiger partial charge in [0.15, 0.2) is 0 Å². The second-order valence-corrected chi connectivity index (χ2v) is 9.20. The zero-order chi connectivity index (χ0) is 20.4. The molecular weight excluding hydrogens is 388 g/mol. The van der Waals surface area contributed by atoms with E-state index in [-0.39, 0.29) is 16.2 Å². The molecule has 2 rings (SSSR count). The maximum Gasteiger partial charge on any atom is 0.255 e. The Bertz CT molecular complexity index is 966. The lowest BCUT2D eigenvalue weighted by Crippen LogP contribution is -2.40. The van der Waals surface area contributed by atoms with Gasteiger partial charge in [-0.25, -0.2) is 13.1 Å². The molecule has 0 atom stereocenters. The molecule has 2 N–H and O–H groups in total. The molecule has 27 heavy (non-hydrogen) atoms. The van der Waals surface area contributed by atoms with Gasteiger partial charge in [-0.1, -0.05) is 17.7 Å². The predicted octanol–water partition coefficient (Wildman–Crippen LogP) is 3.99. The van der Waals surface area contributed by atoms with Gasteiger partial charge in [0.05, 0.1) is 7.11 Å². The summed E-state index contributed by atoms with van der Waals surface area (Å²) in [7, 11) is -2.50. The number of nitrogens with one attached hydrogen (secondary N) is 2. The normalized spacial score (nSPS) is 11.9. The number of benzene rings is 2. The molecule has 0 saturated carbocycles. The van der Waals surface area contributed by atoms with Crippen molar-refractivity contribution in [1.82, 2.24) is 4.72 Å². The Morgan fingerprint density at radius 1 is 1.11 bits per heavy atom. The SMILES string of the molecule is COc1ccc(C(=O)Nc2ccc(C)c(Cl)c2)cc1S(=O)(=O)NC(C)(C)C. The maximum atomic E-state index is 12.7. The Labute approximate surface area is 164 Å². The standard InChI is InChI=1S/C19H23ClN2O4S/c1-12-6-8-14(11-15(12)20)21-18(23)13-7-9-16(26-5)17(10-13)27(24,25)22-19(2,3)4/h6-11,22H,1-5H3,(H,21,23). The van der Waals surface area contributed by atoms with Gasteiger partial charge in [0.1, 0.15) is 10.6 Å².